The van der Waals surface area contributed by atoms with Crippen LogP contribution in [0.2, 0.25) is 0 Å². The van der Waals surface area contributed by atoms with Crippen LogP contribution in [0.4, 0.5) is 4.39 Å². The maximum Gasteiger partial charge on any atom is 0.170 e. The number of benzene rings is 1. The van der Waals surface area contributed by atoms with E-state index in [2.05, 4.69) is 5.32 Å². The van der Waals surface area contributed by atoms with Crippen molar-refractivity contribution in [2.45, 2.75) is 25.4 Å². The Balaban J connectivity index is 2.09. The highest BCUT2D eigenvalue weighted by Crippen LogP contribution is 2.39. The van der Waals surface area contributed by atoms with Gasteiger partial charge in [0.2, 0.25) is 0 Å². The van der Waals surface area contributed by atoms with Crippen molar-refractivity contribution in [2.24, 2.45) is 5.92 Å². The molecule has 1 aromatic heterocycles. The molecule has 2 aromatic rings. The fraction of sp³-hybridized carbons (Fsp3) is 0.467. The molecule has 0 spiro atoms. The van der Waals surface area contributed by atoms with Crippen molar-refractivity contribution in [3.63, 3.8) is 0 Å². The van der Waals surface area contributed by atoms with Crippen LogP contribution in [0.1, 0.15) is 25.5 Å². The van der Waals surface area contributed by atoms with Gasteiger partial charge in [-0.25, -0.2) is 4.39 Å². The van der Waals surface area contributed by atoms with E-state index in [4.69, 9.17) is 4.42 Å². The third kappa shape index (κ3) is 1.95. The van der Waals surface area contributed by atoms with E-state index in [0.717, 1.165) is 19.5 Å². The molecule has 1 aliphatic rings. The van der Waals surface area contributed by atoms with E-state index in [1.807, 2.05) is 6.92 Å². The summed E-state index contributed by atoms with van der Waals surface area (Å²) >= 11 is 0. The number of hydrogen-bond acceptors (Lipinski definition) is 3. The smallest absolute Gasteiger partial charge is 0.170 e. The number of fused-ring (bicyclic) bond motifs is 1. The summed E-state index contributed by atoms with van der Waals surface area (Å²) in [6.07, 6.45) is 1.44. The summed E-state index contributed by atoms with van der Waals surface area (Å²) < 4.78 is 19.3. The first-order chi connectivity index (χ1) is 9.15. The van der Waals surface area contributed by atoms with Gasteiger partial charge in [-0.05, 0) is 31.5 Å². The van der Waals surface area contributed by atoms with E-state index in [1.54, 1.807) is 18.2 Å². The highest BCUT2D eigenvalue weighted by Gasteiger charge is 2.42. The molecule has 1 saturated heterocycles. The minimum atomic E-state index is -0.995. The molecule has 19 heavy (non-hydrogen) atoms. The molecule has 0 bridgehead atoms. The zero-order chi connectivity index (χ0) is 13.5. The number of halogens is 1. The lowest BCUT2D eigenvalue weighted by molar-refractivity contribution is -0.0635. The first-order valence-corrected chi connectivity index (χ1v) is 6.77. The second-order valence-electron chi connectivity index (χ2n) is 5.25. The van der Waals surface area contributed by atoms with Crippen molar-refractivity contribution >= 4 is 11.0 Å². The van der Waals surface area contributed by atoms with E-state index >= 15 is 0 Å². The molecule has 1 aromatic carbocycles. The zero-order valence-electron chi connectivity index (χ0n) is 10.9. The average Bonchev–Trinajstić information content (AvgIpc) is 2.85. The lowest BCUT2D eigenvalue weighted by Crippen LogP contribution is -2.47. The molecule has 2 atom stereocenters. The molecule has 1 aliphatic heterocycles. The van der Waals surface area contributed by atoms with Crippen LogP contribution < -0.4 is 5.32 Å². The molecular formula is C15H18FNO2. The van der Waals surface area contributed by atoms with E-state index in [-0.39, 0.29) is 17.3 Å². The van der Waals surface area contributed by atoms with E-state index in [9.17, 15) is 9.50 Å². The lowest BCUT2D eigenvalue weighted by atomic mass is 9.78. The van der Waals surface area contributed by atoms with Crippen LogP contribution in [0, 0.1) is 11.7 Å². The normalized spacial score (nSPS) is 27.8. The van der Waals surface area contributed by atoms with E-state index in [1.165, 1.54) is 6.07 Å². The minimum Gasteiger partial charge on any atom is -0.455 e. The van der Waals surface area contributed by atoms with Gasteiger partial charge in [0.15, 0.2) is 11.4 Å². The van der Waals surface area contributed by atoms with Gasteiger partial charge in [0.25, 0.3) is 0 Å². The van der Waals surface area contributed by atoms with Gasteiger partial charge in [-0.1, -0.05) is 19.1 Å². The van der Waals surface area contributed by atoms with Crippen molar-refractivity contribution in [1.82, 2.24) is 5.32 Å². The van der Waals surface area contributed by atoms with Gasteiger partial charge in [0.1, 0.15) is 11.4 Å². The maximum absolute atomic E-state index is 13.7. The zero-order valence-corrected chi connectivity index (χ0v) is 10.9. The fourth-order valence-electron chi connectivity index (χ4n) is 2.98. The largest absolute Gasteiger partial charge is 0.455 e. The second-order valence-corrected chi connectivity index (χ2v) is 5.25. The van der Waals surface area contributed by atoms with Crippen LogP contribution in [0.3, 0.4) is 0 Å². The summed E-state index contributed by atoms with van der Waals surface area (Å²) in [4.78, 5) is 0. The number of nitrogens with one attached hydrogen (secondary N) is 1. The summed E-state index contributed by atoms with van der Waals surface area (Å²) in [5.74, 6) is 0.195. The SMILES string of the molecule is CCC1CNCCC1(O)c1cc2cccc(F)c2o1. The molecule has 2 unspecified atom stereocenters. The van der Waals surface area contributed by atoms with Crippen molar-refractivity contribution in [2.75, 3.05) is 13.1 Å². The fourth-order valence-corrected chi connectivity index (χ4v) is 2.98. The topological polar surface area (TPSA) is 45.4 Å². The molecule has 0 aliphatic carbocycles. The summed E-state index contributed by atoms with van der Waals surface area (Å²) in [6, 6.07) is 6.60. The third-order valence-corrected chi connectivity index (χ3v) is 4.16. The van der Waals surface area contributed by atoms with Crippen LogP contribution in [-0.2, 0) is 5.60 Å². The molecule has 0 amide bonds. The van der Waals surface area contributed by atoms with Crippen LogP contribution in [-0.4, -0.2) is 18.2 Å². The number of aliphatic hydroxyl groups is 1. The van der Waals surface area contributed by atoms with E-state index < -0.39 is 5.60 Å². The average molecular weight is 263 g/mol. The molecule has 3 nitrogen and oxygen atoms in total. The van der Waals surface area contributed by atoms with Gasteiger partial charge >= 0.3 is 0 Å². The molecule has 1 fully saturated rings. The summed E-state index contributed by atoms with van der Waals surface area (Å²) in [5.41, 5.74) is -0.759. The summed E-state index contributed by atoms with van der Waals surface area (Å²) in [5, 5.41) is 14.9. The summed E-state index contributed by atoms with van der Waals surface area (Å²) in [6.45, 7) is 3.55. The van der Waals surface area contributed by atoms with Gasteiger partial charge in [0, 0.05) is 17.8 Å². The molecular weight excluding hydrogens is 245 g/mol. The van der Waals surface area contributed by atoms with Crippen molar-refractivity contribution < 1.29 is 13.9 Å². The van der Waals surface area contributed by atoms with Gasteiger partial charge < -0.3 is 14.8 Å². The van der Waals surface area contributed by atoms with Crippen molar-refractivity contribution in [3.05, 3.63) is 35.8 Å². The van der Waals surface area contributed by atoms with Gasteiger partial charge in [0.05, 0.1) is 0 Å². The number of piperidine rings is 1. The number of para-hydroxylation sites is 1. The van der Waals surface area contributed by atoms with Gasteiger partial charge in [-0.3, -0.25) is 0 Å². The molecule has 4 heteroatoms. The van der Waals surface area contributed by atoms with E-state index in [0.29, 0.717) is 17.6 Å². The predicted octanol–water partition coefficient (Wildman–Crippen LogP) is 2.78. The first-order valence-electron chi connectivity index (χ1n) is 6.77. The monoisotopic (exact) mass is 263 g/mol. The Labute approximate surface area is 111 Å². The Bertz CT molecular complexity index is 595. The van der Waals surface area contributed by atoms with Crippen molar-refractivity contribution in [1.29, 1.82) is 0 Å². The first kappa shape index (κ1) is 12.6. The molecule has 0 saturated carbocycles. The maximum atomic E-state index is 13.7. The highest BCUT2D eigenvalue weighted by atomic mass is 19.1. The Hall–Kier alpha value is -1.39. The Morgan fingerprint density at radius 2 is 2.37 bits per heavy atom. The van der Waals surface area contributed by atoms with Crippen LogP contribution in [0.25, 0.3) is 11.0 Å². The Kier molecular flexibility index (Phi) is 3.07. The second kappa shape index (κ2) is 4.62. The van der Waals surface area contributed by atoms with Gasteiger partial charge in [-0.15, -0.1) is 0 Å². The minimum absolute atomic E-state index is 0.0878. The van der Waals surface area contributed by atoms with Crippen LogP contribution in [0.5, 0.6) is 0 Å². The molecule has 0 radical (unpaired) electrons. The number of hydrogen-bond donors (Lipinski definition) is 2. The molecule has 102 valence electrons. The standard InChI is InChI=1S/C15H18FNO2/c1-2-11-9-17-7-6-15(11,18)13-8-10-4-3-5-12(16)14(10)19-13/h3-5,8,11,17-18H,2,6-7,9H2,1H3. The van der Waals surface area contributed by atoms with Crippen LogP contribution in [0.15, 0.2) is 28.7 Å². The number of furan rings is 1. The lowest BCUT2D eigenvalue weighted by Gasteiger charge is -2.38. The predicted molar refractivity (Wildman–Crippen MR) is 71.3 cm³/mol. The highest BCUT2D eigenvalue weighted by molar-refractivity contribution is 5.78. The summed E-state index contributed by atoms with van der Waals surface area (Å²) in [7, 11) is 0. The third-order valence-electron chi connectivity index (χ3n) is 4.16. The van der Waals surface area contributed by atoms with Gasteiger partial charge in [-0.2, -0.15) is 0 Å². The molecule has 2 heterocycles. The van der Waals surface area contributed by atoms with Crippen LogP contribution >= 0.6 is 0 Å². The molecule has 3 rings (SSSR count). The van der Waals surface area contributed by atoms with Crippen molar-refractivity contribution in [3.8, 4) is 0 Å². The quantitative estimate of drug-likeness (QED) is 0.875. The molecule has 2 N–H and O–H groups in total. The number of rotatable bonds is 2. The Morgan fingerprint density at radius 3 is 3.11 bits per heavy atom. The Morgan fingerprint density at radius 1 is 1.53 bits per heavy atom.